The highest BCUT2D eigenvalue weighted by Crippen LogP contribution is 2.47. The summed E-state index contributed by atoms with van der Waals surface area (Å²) in [5.41, 5.74) is 5.65. The van der Waals surface area contributed by atoms with Gasteiger partial charge >= 0.3 is 0 Å². The fraction of sp³-hybridized carbons (Fsp3) is 0.680. The van der Waals surface area contributed by atoms with E-state index in [9.17, 15) is 0 Å². The Hall–Kier alpha value is -1.24. The van der Waals surface area contributed by atoms with Gasteiger partial charge < -0.3 is 0 Å². The van der Waals surface area contributed by atoms with Gasteiger partial charge in [-0.1, -0.05) is 96.3 Å². The molecule has 1 aromatic rings. The molecule has 2 unspecified atom stereocenters. The summed E-state index contributed by atoms with van der Waals surface area (Å²) in [6, 6.07) is 8.76. The first-order valence-corrected chi connectivity index (χ1v) is 11.4. The van der Waals surface area contributed by atoms with Crippen molar-refractivity contribution >= 4 is 11.3 Å². The standard InChI is InChI=1S/C25H38N/c1-3-4-5-6-7-8-9-10-11-15-20(2)21-17-14-18-23-22-16-12-13-19-24(22)26-25(21)23/h12-13,16,19-21H,3-11,14-15,17-18H2,1-2H3. The molecule has 1 heterocycles. The molecule has 1 nitrogen and oxygen atoms in total. The second-order valence-electron chi connectivity index (χ2n) is 8.59. The van der Waals surface area contributed by atoms with Gasteiger partial charge in [0.05, 0.1) is 5.69 Å². The van der Waals surface area contributed by atoms with Crippen LogP contribution >= 0.6 is 0 Å². The van der Waals surface area contributed by atoms with Crippen molar-refractivity contribution < 1.29 is 0 Å². The lowest BCUT2D eigenvalue weighted by atomic mass is 9.77. The van der Waals surface area contributed by atoms with E-state index in [2.05, 4.69) is 38.1 Å². The fourth-order valence-electron chi connectivity index (χ4n) is 4.90. The maximum Gasteiger partial charge on any atom is 0.0708 e. The molecule has 0 amide bonds. The van der Waals surface area contributed by atoms with Gasteiger partial charge in [0.1, 0.15) is 0 Å². The van der Waals surface area contributed by atoms with E-state index in [4.69, 9.17) is 5.32 Å². The zero-order chi connectivity index (χ0) is 18.2. The Balaban J connectivity index is 1.39. The van der Waals surface area contributed by atoms with Crippen LogP contribution in [-0.2, 0) is 0 Å². The van der Waals surface area contributed by atoms with Crippen LogP contribution in [0.25, 0.3) is 5.57 Å². The van der Waals surface area contributed by atoms with E-state index in [1.165, 1.54) is 100 Å². The first kappa shape index (κ1) is 19.5. The van der Waals surface area contributed by atoms with Crippen LogP contribution in [0.4, 0.5) is 5.69 Å². The molecule has 1 heteroatoms. The molecule has 0 spiro atoms. The molecule has 1 aliphatic carbocycles. The molecule has 0 bridgehead atoms. The minimum Gasteiger partial charge on any atom is -0.252 e. The number of unbranched alkanes of at least 4 members (excludes halogenated alkanes) is 8. The molecule has 0 N–H and O–H groups in total. The van der Waals surface area contributed by atoms with Crippen molar-refractivity contribution in [2.75, 3.05) is 0 Å². The molecule has 0 saturated heterocycles. The molecule has 2 atom stereocenters. The quantitative estimate of drug-likeness (QED) is 0.358. The maximum absolute atomic E-state index is 5.05. The summed E-state index contributed by atoms with van der Waals surface area (Å²) >= 11 is 0. The number of benzene rings is 1. The minimum absolute atomic E-state index is 0.695. The van der Waals surface area contributed by atoms with Gasteiger partial charge in [-0.25, -0.2) is 0 Å². The molecule has 26 heavy (non-hydrogen) atoms. The Bertz CT molecular complexity index is 586. The lowest BCUT2D eigenvalue weighted by Crippen LogP contribution is -2.21. The number of hydrogen-bond donors (Lipinski definition) is 0. The largest absolute Gasteiger partial charge is 0.252 e. The Morgan fingerprint density at radius 1 is 0.962 bits per heavy atom. The Morgan fingerprint density at radius 2 is 1.65 bits per heavy atom. The van der Waals surface area contributed by atoms with Crippen LogP contribution < -0.4 is 5.32 Å². The molecule has 0 aromatic heterocycles. The van der Waals surface area contributed by atoms with Crippen molar-refractivity contribution in [3.63, 3.8) is 0 Å². The summed E-state index contributed by atoms with van der Waals surface area (Å²) < 4.78 is 0. The van der Waals surface area contributed by atoms with Gasteiger partial charge in [0.25, 0.3) is 0 Å². The predicted molar refractivity (Wildman–Crippen MR) is 114 cm³/mol. The zero-order valence-electron chi connectivity index (χ0n) is 17.1. The van der Waals surface area contributed by atoms with Crippen LogP contribution in [0.2, 0.25) is 0 Å². The normalized spacial score (nSPS) is 19.8. The summed E-state index contributed by atoms with van der Waals surface area (Å²) in [5, 5.41) is 5.05. The topological polar surface area (TPSA) is 14.1 Å². The van der Waals surface area contributed by atoms with E-state index in [1.807, 2.05) is 0 Å². The monoisotopic (exact) mass is 352 g/mol. The van der Waals surface area contributed by atoms with E-state index in [1.54, 1.807) is 5.57 Å². The van der Waals surface area contributed by atoms with Gasteiger partial charge in [-0.15, -0.1) is 0 Å². The molecular formula is C25H38N. The lowest BCUT2D eigenvalue weighted by molar-refractivity contribution is 0.329. The lowest BCUT2D eigenvalue weighted by Gasteiger charge is -2.29. The number of rotatable bonds is 11. The summed E-state index contributed by atoms with van der Waals surface area (Å²) in [7, 11) is 0. The maximum atomic E-state index is 5.05. The molecule has 0 saturated carbocycles. The zero-order valence-corrected chi connectivity index (χ0v) is 17.1. The molecule has 1 aliphatic heterocycles. The third-order valence-electron chi connectivity index (χ3n) is 6.52. The Labute approximate surface area is 161 Å². The van der Waals surface area contributed by atoms with Crippen LogP contribution in [0.1, 0.15) is 103 Å². The van der Waals surface area contributed by atoms with E-state index in [0.29, 0.717) is 5.92 Å². The molecule has 3 rings (SSSR count). The van der Waals surface area contributed by atoms with Crippen LogP contribution in [0.15, 0.2) is 30.0 Å². The number of allylic oxidation sites excluding steroid dienone is 2. The van der Waals surface area contributed by atoms with E-state index >= 15 is 0 Å². The van der Waals surface area contributed by atoms with Crippen LogP contribution in [0.3, 0.4) is 0 Å². The van der Waals surface area contributed by atoms with Gasteiger partial charge in [-0.05, 0) is 36.8 Å². The molecule has 2 aliphatic rings. The second kappa shape index (κ2) is 10.2. The third kappa shape index (κ3) is 4.93. The molecule has 143 valence electrons. The van der Waals surface area contributed by atoms with Crippen LogP contribution in [0, 0.1) is 11.8 Å². The van der Waals surface area contributed by atoms with Gasteiger partial charge in [0.15, 0.2) is 0 Å². The second-order valence-corrected chi connectivity index (χ2v) is 8.59. The van der Waals surface area contributed by atoms with Gasteiger partial charge in [0, 0.05) is 17.2 Å². The van der Waals surface area contributed by atoms with Crippen molar-refractivity contribution in [2.24, 2.45) is 11.8 Å². The van der Waals surface area contributed by atoms with Crippen molar-refractivity contribution in [1.82, 2.24) is 5.32 Å². The van der Waals surface area contributed by atoms with Crippen molar-refractivity contribution in [1.29, 1.82) is 0 Å². The number of hydrogen-bond acceptors (Lipinski definition) is 0. The SMILES string of the molecule is CCCCCCCCCCCC(C)C1CCCC2=C1[N]c1ccccc12. The van der Waals surface area contributed by atoms with Gasteiger partial charge in [-0.3, -0.25) is 5.32 Å². The molecular weight excluding hydrogens is 314 g/mol. The summed E-state index contributed by atoms with van der Waals surface area (Å²) in [4.78, 5) is 0. The Morgan fingerprint density at radius 3 is 2.42 bits per heavy atom. The van der Waals surface area contributed by atoms with E-state index in [-0.39, 0.29) is 0 Å². The first-order valence-electron chi connectivity index (χ1n) is 11.4. The van der Waals surface area contributed by atoms with Gasteiger partial charge in [0.2, 0.25) is 0 Å². The molecule has 0 fully saturated rings. The average Bonchev–Trinajstić information content (AvgIpc) is 3.05. The van der Waals surface area contributed by atoms with Crippen LogP contribution in [-0.4, -0.2) is 0 Å². The number of fused-ring (bicyclic) bond motifs is 2. The van der Waals surface area contributed by atoms with Crippen molar-refractivity contribution in [2.45, 2.75) is 97.3 Å². The highest BCUT2D eigenvalue weighted by Gasteiger charge is 2.33. The summed E-state index contributed by atoms with van der Waals surface area (Å²) in [6.45, 7) is 4.77. The summed E-state index contributed by atoms with van der Waals surface area (Å²) in [6.07, 6.45) is 18.1. The van der Waals surface area contributed by atoms with E-state index in [0.717, 1.165) is 5.92 Å². The number of nitrogens with zero attached hydrogens (tertiary/aromatic N) is 1. The molecule has 1 aromatic carbocycles. The van der Waals surface area contributed by atoms with Crippen LogP contribution in [0.5, 0.6) is 0 Å². The predicted octanol–water partition coefficient (Wildman–Crippen LogP) is 8.00. The van der Waals surface area contributed by atoms with E-state index < -0.39 is 0 Å². The minimum atomic E-state index is 0.695. The molecule has 1 radical (unpaired) electrons. The first-order chi connectivity index (χ1) is 12.8. The summed E-state index contributed by atoms with van der Waals surface area (Å²) in [5.74, 6) is 1.48. The fourth-order valence-corrected chi connectivity index (χ4v) is 4.90. The third-order valence-corrected chi connectivity index (χ3v) is 6.52. The highest BCUT2D eigenvalue weighted by molar-refractivity contribution is 5.82. The van der Waals surface area contributed by atoms with Crippen molar-refractivity contribution in [3.8, 4) is 0 Å². The van der Waals surface area contributed by atoms with Gasteiger partial charge in [-0.2, -0.15) is 0 Å². The average molecular weight is 353 g/mol. The number of para-hydroxylation sites is 1. The van der Waals surface area contributed by atoms with Crippen molar-refractivity contribution in [3.05, 3.63) is 35.5 Å². The Kier molecular flexibility index (Phi) is 7.65. The smallest absolute Gasteiger partial charge is 0.0708 e. The highest BCUT2D eigenvalue weighted by atomic mass is 14.9.